The van der Waals surface area contributed by atoms with Gasteiger partial charge in [0.1, 0.15) is 12.5 Å². The number of hydrogen-bond donors (Lipinski definition) is 0. The Balaban J connectivity index is 2.59. The van der Waals surface area contributed by atoms with Crippen molar-refractivity contribution < 1.29 is 19.1 Å². The Morgan fingerprint density at radius 3 is 2.83 bits per heavy atom. The minimum Gasteiger partial charge on any atom is -0.465 e. The molecule has 0 N–H and O–H groups in total. The summed E-state index contributed by atoms with van der Waals surface area (Å²) in [7, 11) is 0. The van der Waals surface area contributed by atoms with Crippen molar-refractivity contribution in [3.8, 4) is 0 Å². The van der Waals surface area contributed by atoms with Gasteiger partial charge in [-0.25, -0.2) is 0 Å². The van der Waals surface area contributed by atoms with E-state index >= 15 is 0 Å². The first kappa shape index (κ1) is 9.19. The molecule has 12 heavy (non-hydrogen) atoms. The van der Waals surface area contributed by atoms with E-state index in [1.54, 1.807) is 13.8 Å². The zero-order valence-electron chi connectivity index (χ0n) is 7.20. The van der Waals surface area contributed by atoms with E-state index in [0.717, 1.165) is 0 Å². The van der Waals surface area contributed by atoms with Crippen molar-refractivity contribution in [2.75, 3.05) is 13.2 Å². The lowest BCUT2D eigenvalue weighted by Gasteiger charge is -2.10. The molecule has 0 unspecified atom stereocenters. The monoisotopic (exact) mass is 172 g/mol. The van der Waals surface area contributed by atoms with Crippen LogP contribution >= 0.6 is 0 Å². The van der Waals surface area contributed by atoms with Gasteiger partial charge >= 0.3 is 5.97 Å². The summed E-state index contributed by atoms with van der Waals surface area (Å²) in [5.74, 6) is -1.35. The second-order valence-electron chi connectivity index (χ2n) is 2.71. The maximum Gasteiger partial charge on any atom is 0.319 e. The van der Waals surface area contributed by atoms with Crippen LogP contribution in [0, 0.1) is 5.92 Å². The highest BCUT2D eigenvalue weighted by Crippen LogP contribution is 2.18. The van der Waals surface area contributed by atoms with Crippen LogP contribution in [-0.4, -0.2) is 31.1 Å². The second kappa shape index (κ2) is 3.67. The summed E-state index contributed by atoms with van der Waals surface area (Å²) in [5.41, 5.74) is 0. The standard InChI is InChI=1S/C8H12O4/c1-3-11-8(10)7-5(2)12-4-6(7)9/h5,7H,3-4H2,1-2H3/t5-,7+/m0/s1. The second-order valence-corrected chi connectivity index (χ2v) is 2.71. The number of carbonyl (C=O) groups is 2. The Kier molecular flexibility index (Phi) is 2.81. The molecule has 0 saturated carbocycles. The zero-order chi connectivity index (χ0) is 9.14. The van der Waals surface area contributed by atoms with E-state index in [1.807, 2.05) is 0 Å². The lowest BCUT2D eigenvalue weighted by Crippen LogP contribution is -2.29. The van der Waals surface area contributed by atoms with E-state index in [-0.39, 0.29) is 18.5 Å². The van der Waals surface area contributed by atoms with Crippen molar-refractivity contribution in [3.63, 3.8) is 0 Å². The van der Waals surface area contributed by atoms with Gasteiger partial charge in [-0.1, -0.05) is 0 Å². The fraction of sp³-hybridized carbons (Fsp3) is 0.750. The molecule has 0 radical (unpaired) electrons. The van der Waals surface area contributed by atoms with E-state index in [1.165, 1.54) is 0 Å². The number of carbonyl (C=O) groups excluding carboxylic acids is 2. The number of esters is 1. The van der Waals surface area contributed by atoms with Gasteiger partial charge in [0, 0.05) is 0 Å². The van der Waals surface area contributed by atoms with Crippen LogP contribution < -0.4 is 0 Å². The van der Waals surface area contributed by atoms with Crippen LogP contribution in [0.1, 0.15) is 13.8 Å². The highest BCUT2D eigenvalue weighted by atomic mass is 16.5. The Hall–Kier alpha value is -0.900. The number of Topliss-reactive ketones (excluding diaryl/α,β-unsaturated/α-hetero) is 1. The Bertz CT molecular complexity index is 199. The van der Waals surface area contributed by atoms with Crippen molar-refractivity contribution in [1.29, 1.82) is 0 Å². The molecule has 0 aromatic heterocycles. The van der Waals surface area contributed by atoms with Gasteiger partial charge in [-0.3, -0.25) is 9.59 Å². The zero-order valence-corrected chi connectivity index (χ0v) is 7.20. The molecule has 0 aromatic carbocycles. The Morgan fingerprint density at radius 1 is 1.75 bits per heavy atom. The van der Waals surface area contributed by atoms with Crippen LogP contribution in [0.5, 0.6) is 0 Å². The number of hydrogen-bond acceptors (Lipinski definition) is 4. The molecule has 1 rings (SSSR count). The average molecular weight is 172 g/mol. The topological polar surface area (TPSA) is 52.6 Å². The van der Waals surface area contributed by atoms with Crippen molar-refractivity contribution in [2.24, 2.45) is 5.92 Å². The Morgan fingerprint density at radius 2 is 2.42 bits per heavy atom. The van der Waals surface area contributed by atoms with Gasteiger partial charge in [0.15, 0.2) is 5.78 Å². The van der Waals surface area contributed by atoms with Crippen LogP contribution in [0.15, 0.2) is 0 Å². The van der Waals surface area contributed by atoms with Gasteiger partial charge in [0.05, 0.1) is 12.7 Å². The Labute approximate surface area is 70.8 Å². The van der Waals surface area contributed by atoms with Crippen molar-refractivity contribution >= 4 is 11.8 Å². The highest BCUT2D eigenvalue weighted by molar-refractivity contribution is 6.01. The summed E-state index contributed by atoms with van der Waals surface area (Å²) in [6.45, 7) is 3.75. The molecule has 0 bridgehead atoms. The molecule has 1 aliphatic rings. The molecule has 4 heteroatoms. The molecular formula is C8H12O4. The van der Waals surface area contributed by atoms with E-state index in [2.05, 4.69) is 0 Å². The molecule has 0 amide bonds. The summed E-state index contributed by atoms with van der Waals surface area (Å²) >= 11 is 0. The van der Waals surface area contributed by atoms with Crippen molar-refractivity contribution in [1.82, 2.24) is 0 Å². The SMILES string of the molecule is CCOC(=O)[C@H]1C(=O)CO[C@H]1C. The molecule has 4 nitrogen and oxygen atoms in total. The smallest absolute Gasteiger partial charge is 0.319 e. The summed E-state index contributed by atoms with van der Waals surface area (Å²) in [4.78, 5) is 22.2. The van der Waals surface area contributed by atoms with Gasteiger partial charge in [-0.05, 0) is 13.8 Å². The third-order valence-corrected chi connectivity index (χ3v) is 1.85. The molecule has 1 heterocycles. The van der Waals surface area contributed by atoms with Crippen LogP contribution in [-0.2, 0) is 19.1 Å². The summed E-state index contributed by atoms with van der Waals surface area (Å²) in [6, 6.07) is 0. The van der Waals surface area contributed by atoms with Gasteiger partial charge in [0.25, 0.3) is 0 Å². The van der Waals surface area contributed by atoms with Crippen LogP contribution in [0.25, 0.3) is 0 Å². The third-order valence-electron chi connectivity index (χ3n) is 1.85. The molecule has 0 aliphatic carbocycles. The largest absolute Gasteiger partial charge is 0.465 e. The first-order valence-corrected chi connectivity index (χ1v) is 3.97. The fourth-order valence-electron chi connectivity index (χ4n) is 1.22. The summed E-state index contributed by atoms with van der Waals surface area (Å²) in [5, 5.41) is 0. The average Bonchev–Trinajstić information content (AvgIpc) is 2.32. The fourth-order valence-corrected chi connectivity index (χ4v) is 1.22. The number of ketones is 1. The minimum atomic E-state index is -0.704. The van der Waals surface area contributed by atoms with E-state index in [0.29, 0.717) is 6.61 Å². The van der Waals surface area contributed by atoms with Crippen LogP contribution in [0.2, 0.25) is 0 Å². The van der Waals surface area contributed by atoms with Gasteiger partial charge < -0.3 is 9.47 Å². The molecule has 68 valence electrons. The molecular weight excluding hydrogens is 160 g/mol. The minimum absolute atomic E-state index is 0.0324. The van der Waals surface area contributed by atoms with Crippen LogP contribution in [0.4, 0.5) is 0 Å². The van der Waals surface area contributed by atoms with E-state index < -0.39 is 11.9 Å². The van der Waals surface area contributed by atoms with Gasteiger partial charge in [0.2, 0.25) is 0 Å². The lowest BCUT2D eigenvalue weighted by atomic mass is 10.0. The summed E-state index contributed by atoms with van der Waals surface area (Å²) in [6.07, 6.45) is -0.337. The van der Waals surface area contributed by atoms with Crippen molar-refractivity contribution in [2.45, 2.75) is 20.0 Å². The number of rotatable bonds is 2. The lowest BCUT2D eigenvalue weighted by molar-refractivity contribution is -0.151. The quantitative estimate of drug-likeness (QED) is 0.439. The maximum absolute atomic E-state index is 11.1. The van der Waals surface area contributed by atoms with Gasteiger partial charge in [-0.2, -0.15) is 0 Å². The first-order chi connectivity index (χ1) is 5.66. The van der Waals surface area contributed by atoms with Crippen molar-refractivity contribution in [3.05, 3.63) is 0 Å². The molecule has 0 spiro atoms. The third kappa shape index (κ3) is 1.64. The normalized spacial score (nSPS) is 29.0. The number of ether oxygens (including phenoxy) is 2. The molecule has 0 aromatic rings. The first-order valence-electron chi connectivity index (χ1n) is 3.97. The summed E-state index contributed by atoms with van der Waals surface area (Å²) < 4.78 is 9.72. The van der Waals surface area contributed by atoms with Gasteiger partial charge in [-0.15, -0.1) is 0 Å². The molecule has 2 atom stereocenters. The highest BCUT2D eigenvalue weighted by Gasteiger charge is 2.39. The molecule has 1 saturated heterocycles. The van der Waals surface area contributed by atoms with E-state index in [4.69, 9.17) is 9.47 Å². The predicted molar refractivity (Wildman–Crippen MR) is 40.5 cm³/mol. The van der Waals surface area contributed by atoms with E-state index in [9.17, 15) is 9.59 Å². The molecule has 1 aliphatic heterocycles. The van der Waals surface area contributed by atoms with Crippen LogP contribution in [0.3, 0.4) is 0 Å². The molecule has 1 fully saturated rings. The maximum atomic E-state index is 11.1. The predicted octanol–water partition coefficient (Wildman–Crippen LogP) is 0.153.